The van der Waals surface area contributed by atoms with Gasteiger partial charge >= 0.3 is 5.97 Å². The zero-order valence-electron chi connectivity index (χ0n) is 25.1. The number of ether oxygens (including phenoxy) is 5. The van der Waals surface area contributed by atoms with Crippen molar-refractivity contribution in [1.82, 2.24) is 4.31 Å². The van der Waals surface area contributed by atoms with Crippen molar-refractivity contribution in [2.45, 2.75) is 62.6 Å². The Hall–Kier alpha value is -2.74. The van der Waals surface area contributed by atoms with E-state index in [1.807, 2.05) is 26.0 Å². The molecule has 4 rings (SSSR count). The first-order valence-corrected chi connectivity index (χ1v) is 16.0. The monoisotopic (exact) mass is 621 g/mol. The van der Waals surface area contributed by atoms with Gasteiger partial charge in [-0.1, -0.05) is 26.0 Å². The van der Waals surface area contributed by atoms with Crippen molar-refractivity contribution in [2.24, 2.45) is 17.8 Å². The van der Waals surface area contributed by atoms with Crippen LogP contribution in [0.3, 0.4) is 0 Å². The number of esters is 1. The third-order valence-electron chi connectivity index (χ3n) is 7.87. The third kappa shape index (κ3) is 8.46. The number of methoxy groups -OCH3 is 2. The number of carbonyl (C=O) groups excluding carboxylic acids is 1. The molecule has 2 aromatic carbocycles. The van der Waals surface area contributed by atoms with Gasteiger partial charge in [0.2, 0.25) is 10.0 Å². The van der Waals surface area contributed by atoms with Gasteiger partial charge in [0.1, 0.15) is 17.6 Å². The highest BCUT2D eigenvalue weighted by Crippen LogP contribution is 2.34. The Kier molecular flexibility index (Phi) is 11.4. The van der Waals surface area contributed by atoms with Crippen molar-refractivity contribution in [2.75, 3.05) is 40.5 Å². The van der Waals surface area contributed by atoms with Gasteiger partial charge in [0.15, 0.2) is 6.29 Å². The molecule has 0 aliphatic carbocycles. The fourth-order valence-corrected chi connectivity index (χ4v) is 7.20. The highest BCUT2D eigenvalue weighted by Gasteiger charge is 2.47. The van der Waals surface area contributed by atoms with Crippen LogP contribution >= 0.6 is 0 Å². The SMILES string of the molecule is COc1ccc(C[C@H](CC(=O)O[C@H]2CCO[C@H]3OC[C@H](O)[C@H]32)[C@H](O)CN(CC(C)C)S(=O)(=O)c2ccc(OC)cc2)cc1. The standard InChI is InChI=1S/C31H43NO10S/c1-20(2)17-32(43(36,37)25-11-9-24(39-4)10-12-25)18-26(33)22(15-21-5-7-23(38-3)8-6-21)16-29(35)42-28-13-14-40-31-30(28)27(34)19-41-31/h5-12,20,22,26-28,30-31,33-34H,13-19H2,1-4H3/t22-,26-,27+,28+,30+,31+/m1/s1. The first-order chi connectivity index (χ1) is 20.5. The summed E-state index contributed by atoms with van der Waals surface area (Å²) in [5.74, 6) is -0.524. The van der Waals surface area contributed by atoms with Crippen molar-refractivity contribution in [1.29, 1.82) is 0 Å². The molecular weight excluding hydrogens is 578 g/mol. The lowest BCUT2D eigenvalue weighted by Gasteiger charge is -2.34. The Morgan fingerprint density at radius 1 is 1.00 bits per heavy atom. The van der Waals surface area contributed by atoms with Crippen LogP contribution in [0.25, 0.3) is 0 Å². The van der Waals surface area contributed by atoms with Crippen LogP contribution in [0.5, 0.6) is 11.5 Å². The summed E-state index contributed by atoms with van der Waals surface area (Å²) in [4.78, 5) is 13.4. The number of benzene rings is 2. The second kappa shape index (κ2) is 14.8. The fraction of sp³-hybridized carbons (Fsp3) is 0.581. The van der Waals surface area contributed by atoms with Gasteiger partial charge in [-0.3, -0.25) is 4.79 Å². The molecule has 0 radical (unpaired) electrons. The van der Waals surface area contributed by atoms with E-state index in [1.54, 1.807) is 31.4 Å². The summed E-state index contributed by atoms with van der Waals surface area (Å²) in [6.45, 7) is 4.20. The highest BCUT2D eigenvalue weighted by molar-refractivity contribution is 7.89. The van der Waals surface area contributed by atoms with Gasteiger partial charge in [0, 0.05) is 25.4 Å². The second-order valence-corrected chi connectivity index (χ2v) is 13.4. The maximum Gasteiger partial charge on any atom is 0.306 e. The summed E-state index contributed by atoms with van der Waals surface area (Å²) in [6, 6.07) is 13.4. The Morgan fingerprint density at radius 2 is 1.63 bits per heavy atom. The number of rotatable bonds is 14. The van der Waals surface area contributed by atoms with Crippen LogP contribution in [-0.2, 0) is 35.4 Å². The van der Waals surface area contributed by atoms with E-state index in [1.165, 1.54) is 23.5 Å². The summed E-state index contributed by atoms with van der Waals surface area (Å²) in [5.41, 5.74) is 0.844. The fourth-order valence-electron chi connectivity index (χ4n) is 5.58. The number of sulfonamides is 1. The predicted octanol–water partition coefficient (Wildman–Crippen LogP) is 2.63. The Morgan fingerprint density at radius 3 is 2.23 bits per heavy atom. The quantitative estimate of drug-likeness (QED) is 0.303. The summed E-state index contributed by atoms with van der Waals surface area (Å²) >= 11 is 0. The van der Waals surface area contributed by atoms with Crippen molar-refractivity contribution in [3.05, 3.63) is 54.1 Å². The lowest BCUT2D eigenvalue weighted by atomic mass is 9.90. The van der Waals surface area contributed by atoms with Gasteiger partial charge in [-0.25, -0.2) is 8.42 Å². The van der Waals surface area contributed by atoms with Gasteiger partial charge in [-0.15, -0.1) is 0 Å². The molecule has 0 amide bonds. The normalized spacial score (nSPS) is 23.5. The predicted molar refractivity (Wildman–Crippen MR) is 157 cm³/mol. The minimum absolute atomic E-state index is 0.0215. The smallest absolute Gasteiger partial charge is 0.306 e. The summed E-state index contributed by atoms with van der Waals surface area (Å²) in [6.07, 6.45) is -2.66. The number of hydrogen-bond donors (Lipinski definition) is 2. The average molecular weight is 622 g/mol. The molecule has 0 spiro atoms. The van der Waals surface area contributed by atoms with Gasteiger partial charge in [-0.05, 0) is 54.3 Å². The molecule has 2 aliphatic rings. The van der Waals surface area contributed by atoms with Crippen LogP contribution in [0.1, 0.15) is 32.3 Å². The van der Waals surface area contributed by atoms with Crippen LogP contribution in [0, 0.1) is 17.8 Å². The molecule has 12 heteroatoms. The summed E-state index contributed by atoms with van der Waals surface area (Å²) in [7, 11) is -0.900. The highest BCUT2D eigenvalue weighted by atomic mass is 32.2. The van der Waals surface area contributed by atoms with E-state index in [0.717, 1.165) is 5.56 Å². The first kappa shape index (κ1) is 33.2. The largest absolute Gasteiger partial charge is 0.497 e. The number of nitrogens with zero attached hydrogens (tertiary/aromatic N) is 1. The number of aliphatic hydroxyl groups excluding tert-OH is 2. The Balaban J connectivity index is 1.54. The van der Waals surface area contributed by atoms with Crippen LogP contribution < -0.4 is 9.47 Å². The second-order valence-electron chi connectivity index (χ2n) is 11.5. The zero-order valence-corrected chi connectivity index (χ0v) is 25.9. The molecule has 0 aromatic heterocycles. The first-order valence-electron chi connectivity index (χ1n) is 14.6. The maximum atomic E-state index is 13.7. The van der Waals surface area contributed by atoms with E-state index < -0.39 is 52.4 Å². The molecule has 2 N–H and O–H groups in total. The molecule has 6 atom stereocenters. The minimum atomic E-state index is -3.97. The average Bonchev–Trinajstić information content (AvgIpc) is 3.38. The van der Waals surface area contributed by atoms with E-state index in [-0.39, 0.29) is 36.9 Å². The lowest BCUT2D eigenvalue weighted by molar-refractivity contribution is -0.199. The molecule has 238 valence electrons. The number of aliphatic hydroxyl groups is 2. The molecule has 11 nitrogen and oxygen atoms in total. The van der Waals surface area contributed by atoms with Crippen molar-refractivity contribution >= 4 is 16.0 Å². The van der Waals surface area contributed by atoms with Crippen molar-refractivity contribution in [3.8, 4) is 11.5 Å². The van der Waals surface area contributed by atoms with E-state index in [0.29, 0.717) is 30.9 Å². The van der Waals surface area contributed by atoms with E-state index in [4.69, 9.17) is 23.7 Å². The maximum absolute atomic E-state index is 13.7. The van der Waals surface area contributed by atoms with Gasteiger partial charge < -0.3 is 33.9 Å². The molecule has 2 aliphatic heterocycles. The zero-order chi connectivity index (χ0) is 31.1. The number of carbonyl (C=O) groups is 1. The molecule has 0 saturated carbocycles. The molecule has 2 heterocycles. The van der Waals surface area contributed by atoms with Crippen LogP contribution in [0.4, 0.5) is 0 Å². The van der Waals surface area contributed by atoms with Gasteiger partial charge in [0.25, 0.3) is 0 Å². The number of hydrogen-bond acceptors (Lipinski definition) is 10. The third-order valence-corrected chi connectivity index (χ3v) is 9.72. The van der Waals surface area contributed by atoms with E-state index in [2.05, 4.69) is 0 Å². The van der Waals surface area contributed by atoms with Crippen LogP contribution in [0.2, 0.25) is 0 Å². The molecule has 43 heavy (non-hydrogen) atoms. The molecule has 2 saturated heterocycles. The molecule has 0 unspecified atom stereocenters. The molecule has 2 aromatic rings. The van der Waals surface area contributed by atoms with Gasteiger partial charge in [0.05, 0.1) is 56.9 Å². The minimum Gasteiger partial charge on any atom is -0.497 e. The van der Waals surface area contributed by atoms with Gasteiger partial charge in [-0.2, -0.15) is 4.31 Å². The van der Waals surface area contributed by atoms with Crippen LogP contribution in [0.15, 0.2) is 53.4 Å². The Bertz CT molecular complexity index is 1280. The topological polar surface area (TPSA) is 141 Å². The Labute approximate surface area is 253 Å². The molecular formula is C31H43NO10S. The molecule has 2 fully saturated rings. The molecule has 0 bridgehead atoms. The summed E-state index contributed by atoms with van der Waals surface area (Å²) < 4.78 is 55.9. The lowest BCUT2D eigenvalue weighted by Crippen LogP contribution is -2.45. The van der Waals surface area contributed by atoms with E-state index >= 15 is 0 Å². The van der Waals surface area contributed by atoms with Crippen molar-refractivity contribution in [3.63, 3.8) is 0 Å². The van der Waals surface area contributed by atoms with E-state index in [9.17, 15) is 23.4 Å². The van der Waals surface area contributed by atoms with Crippen LogP contribution in [-0.4, -0.2) is 94.0 Å². The summed E-state index contributed by atoms with van der Waals surface area (Å²) in [5, 5.41) is 21.9. The van der Waals surface area contributed by atoms with Crippen molar-refractivity contribution < 1.29 is 47.1 Å². The number of fused-ring (bicyclic) bond motifs is 1.